The first-order valence-corrected chi connectivity index (χ1v) is 11.6. The average molecular weight is 404 g/mol. The molecule has 0 unspecified atom stereocenters. The summed E-state index contributed by atoms with van der Waals surface area (Å²) in [6.07, 6.45) is 3.20. The average Bonchev–Trinajstić information content (AvgIpc) is 2.85. The minimum Gasteiger partial charge on any atom is -0.283 e. The van der Waals surface area contributed by atoms with Crippen molar-refractivity contribution in [3.8, 4) is 5.69 Å². The molecule has 28 heavy (non-hydrogen) atoms. The lowest BCUT2D eigenvalue weighted by atomic mass is 9.46. The van der Waals surface area contributed by atoms with E-state index in [2.05, 4.69) is 18.6 Å². The lowest BCUT2D eigenvalue weighted by Crippen LogP contribution is -2.54. The molecule has 0 radical (unpaired) electrons. The standard InChI is InChI=1S/C21H29N3O3S/c1-14-19(20(25)24(23(14)4)17-8-6-5-7-9-17)22-28(26,27)13-15-10-11-16-12-18(15)21(16,2)3/h5-9,15-16,18,22H,10-13H2,1-4H3/t15-,16-,18-/m0/s1. The molecule has 1 N–H and O–H groups in total. The zero-order valence-corrected chi connectivity index (χ0v) is 17.8. The van der Waals surface area contributed by atoms with Crippen molar-refractivity contribution in [2.45, 2.75) is 40.0 Å². The number of hydrogen-bond donors (Lipinski definition) is 1. The van der Waals surface area contributed by atoms with Crippen molar-refractivity contribution in [2.75, 3.05) is 10.5 Å². The monoisotopic (exact) mass is 403 g/mol. The number of fused-ring (bicyclic) bond motifs is 2. The van der Waals surface area contributed by atoms with Crippen LogP contribution < -0.4 is 10.3 Å². The number of para-hydroxylation sites is 1. The van der Waals surface area contributed by atoms with Gasteiger partial charge in [0.15, 0.2) is 0 Å². The summed E-state index contributed by atoms with van der Waals surface area (Å²) < 4.78 is 31.7. The third-order valence-corrected chi connectivity index (χ3v) is 8.63. The second-order valence-electron chi connectivity index (χ2n) is 9.02. The third-order valence-electron chi connectivity index (χ3n) is 7.25. The van der Waals surface area contributed by atoms with Crippen LogP contribution in [-0.2, 0) is 17.1 Å². The van der Waals surface area contributed by atoms with Crippen molar-refractivity contribution in [3.63, 3.8) is 0 Å². The molecule has 3 fully saturated rings. The number of anilines is 1. The van der Waals surface area contributed by atoms with Gasteiger partial charge in [0, 0.05) is 7.05 Å². The predicted octanol–water partition coefficient (Wildman–Crippen LogP) is 3.30. The Bertz CT molecular complexity index is 1050. The smallest absolute Gasteiger partial charge is 0.283 e. The van der Waals surface area contributed by atoms with Crippen molar-refractivity contribution in [1.82, 2.24) is 9.36 Å². The van der Waals surface area contributed by atoms with E-state index in [1.807, 2.05) is 30.3 Å². The number of rotatable bonds is 5. The topological polar surface area (TPSA) is 73.1 Å². The molecule has 1 aromatic carbocycles. The van der Waals surface area contributed by atoms with Gasteiger partial charge in [-0.25, -0.2) is 13.1 Å². The van der Waals surface area contributed by atoms with Crippen LogP contribution in [0.2, 0.25) is 0 Å². The van der Waals surface area contributed by atoms with E-state index in [4.69, 9.17) is 0 Å². The van der Waals surface area contributed by atoms with Gasteiger partial charge in [0.25, 0.3) is 5.56 Å². The summed E-state index contributed by atoms with van der Waals surface area (Å²) in [7, 11) is -1.84. The van der Waals surface area contributed by atoms with E-state index in [1.165, 1.54) is 4.68 Å². The molecule has 6 nitrogen and oxygen atoms in total. The summed E-state index contributed by atoms with van der Waals surface area (Å²) in [6, 6.07) is 9.24. The zero-order valence-electron chi connectivity index (χ0n) is 17.0. The van der Waals surface area contributed by atoms with E-state index in [1.54, 1.807) is 18.7 Å². The van der Waals surface area contributed by atoms with Crippen LogP contribution in [-0.4, -0.2) is 23.5 Å². The molecule has 1 heterocycles. The molecule has 0 saturated heterocycles. The predicted molar refractivity (Wildman–Crippen MR) is 111 cm³/mol. The molecule has 3 aliphatic carbocycles. The highest BCUT2D eigenvalue weighted by molar-refractivity contribution is 7.92. The molecule has 3 saturated carbocycles. The third kappa shape index (κ3) is 3.00. The van der Waals surface area contributed by atoms with Crippen molar-refractivity contribution in [3.05, 3.63) is 46.4 Å². The summed E-state index contributed by atoms with van der Waals surface area (Å²) in [5.41, 5.74) is 1.35. The van der Waals surface area contributed by atoms with Crippen molar-refractivity contribution < 1.29 is 8.42 Å². The first-order valence-electron chi connectivity index (χ1n) is 9.96. The number of nitrogens with zero attached hydrogens (tertiary/aromatic N) is 2. The summed E-state index contributed by atoms with van der Waals surface area (Å²) in [5.74, 6) is 1.45. The van der Waals surface area contributed by atoms with Gasteiger partial charge in [-0.05, 0) is 61.5 Å². The highest BCUT2D eigenvalue weighted by Crippen LogP contribution is 2.61. The highest BCUT2D eigenvalue weighted by atomic mass is 32.2. The van der Waals surface area contributed by atoms with Gasteiger partial charge in [0.2, 0.25) is 10.0 Å². The van der Waals surface area contributed by atoms with E-state index < -0.39 is 10.0 Å². The van der Waals surface area contributed by atoms with E-state index >= 15 is 0 Å². The molecule has 3 atom stereocenters. The minimum absolute atomic E-state index is 0.0902. The molecular formula is C21H29N3O3S. The van der Waals surface area contributed by atoms with Gasteiger partial charge >= 0.3 is 0 Å². The maximum atomic E-state index is 13.0. The highest BCUT2D eigenvalue weighted by Gasteiger charge is 2.54. The fourth-order valence-corrected chi connectivity index (χ4v) is 6.92. The number of benzene rings is 1. The molecule has 152 valence electrons. The Labute approximate surface area is 166 Å². The molecule has 7 heteroatoms. The molecule has 2 aromatic rings. The van der Waals surface area contributed by atoms with Gasteiger partial charge in [-0.1, -0.05) is 32.0 Å². The summed E-state index contributed by atoms with van der Waals surface area (Å²) in [6.45, 7) is 6.29. The lowest BCUT2D eigenvalue weighted by Gasteiger charge is -2.60. The summed E-state index contributed by atoms with van der Waals surface area (Å²) >= 11 is 0. The molecule has 1 aromatic heterocycles. The van der Waals surface area contributed by atoms with Gasteiger partial charge in [-0.15, -0.1) is 0 Å². The van der Waals surface area contributed by atoms with Crippen LogP contribution in [0.3, 0.4) is 0 Å². The number of hydrogen-bond acceptors (Lipinski definition) is 3. The SMILES string of the molecule is Cc1c(NS(=O)(=O)C[C@@H]2CC[C@H]3C[C@@H]2C3(C)C)c(=O)n(-c2ccccc2)n1C. The van der Waals surface area contributed by atoms with Gasteiger partial charge in [-0.2, -0.15) is 0 Å². The second-order valence-corrected chi connectivity index (χ2v) is 10.8. The summed E-state index contributed by atoms with van der Waals surface area (Å²) in [4.78, 5) is 13.0. The van der Waals surface area contributed by atoms with Crippen LogP contribution in [0.5, 0.6) is 0 Å². The molecule has 0 spiro atoms. The van der Waals surface area contributed by atoms with Crippen LogP contribution in [0.15, 0.2) is 35.1 Å². The molecule has 2 bridgehead atoms. The Hall–Kier alpha value is -2.02. The minimum atomic E-state index is -3.60. The molecule has 3 aliphatic rings. The van der Waals surface area contributed by atoms with Gasteiger partial charge in [0.05, 0.1) is 17.1 Å². The molecule has 0 amide bonds. The van der Waals surface area contributed by atoms with Crippen LogP contribution in [0.4, 0.5) is 5.69 Å². The Morgan fingerprint density at radius 2 is 1.86 bits per heavy atom. The zero-order chi connectivity index (χ0) is 20.3. The number of sulfonamides is 1. The van der Waals surface area contributed by atoms with Crippen LogP contribution in [0, 0.1) is 30.1 Å². The Kier molecular flexibility index (Phi) is 4.49. The number of nitrogens with one attached hydrogen (secondary N) is 1. The first-order chi connectivity index (χ1) is 13.1. The first kappa shape index (κ1) is 19.3. The van der Waals surface area contributed by atoms with Crippen LogP contribution in [0.25, 0.3) is 5.69 Å². The van der Waals surface area contributed by atoms with E-state index in [0.29, 0.717) is 17.3 Å². The second kappa shape index (κ2) is 6.51. The Morgan fingerprint density at radius 1 is 1.18 bits per heavy atom. The maximum Gasteiger partial charge on any atom is 0.296 e. The summed E-state index contributed by atoms with van der Waals surface area (Å²) in [5, 5.41) is 0. The Morgan fingerprint density at radius 3 is 2.46 bits per heavy atom. The normalized spacial score (nSPS) is 25.9. The van der Waals surface area contributed by atoms with Gasteiger partial charge in [0.1, 0.15) is 5.69 Å². The molecule has 5 rings (SSSR count). The molecule has 0 aliphatic heterocycles. The van der Waals surface area contributed by atoms with E-state index in [-0.39, 0.29) is 28.3 Å². The van der Waals surface area contributed by atoms with Crippen LogP contribution in [0.1, 0.15) is 38.8 Å². The lowest BCUT2D eigenvalue weighted by molar-refractivity contribution is -0.0977. The Balaban J connectivity index is 1.60. The van der Waals surface area contributed by atoms with Crippen molar-refractivity contribution in [2.24, 2.45) is 30.2 Å². The van der Waals surface area contributed by atoms with Crippen LogP contribution >= 0.6 is 0 Å². The fraction of sp³-hybridized carbons (Fsp3) is 0.571. The van der Waals surface area contributed by atoms with Crippen molar-refractivity contribution in [1.29, 1.82) is 0 Å². The fourth-order valence-electron chi connectivity index (χ4n) is 5.33. The van der Waals surface area contributed by atoms with Gasteiger partial charge < -0.3 is 0 Å². The van der Waals surface area contributed by atoms with Gasteiger partial charge in [-0.3, -0.25) is 14.2 Å². The largest absolute Gasteiger partial charge is 0.296 e. The molecular weight excluding hydrogens is 374 g/mol. The maximum absolute atomic E-state index is 13.0. The van der Waals surface area contributed by atoms with E-state index in [9.17, 15) is 13.2 Å². The van der Waals surface area contributed by atoms with Crippen molar-refractivity contribution >= 4 is 15.7 Å². The quantitative estimate of drug-likeness (QED) is 0.832. The van der Waals surface area contributed by atoms with E-state index in [0.717, 1.165) is 25.2 Å². The number of aromatic nitrogens is 2.